The lowest BCUT2D eigenvalue weighted by molar-refractivity contribution is -0.137. The van der Waals surface area contributed by atoms with Gasteiger partial charge in [0.25, 0.3) is 11.4 Å². The lowest BCUT2D eigenvalue weighted by Gasteiger charge is -2.47. The highest BCUT2D eigenvalue weighted by Crippen LogP contribution is 2.35. The highest BCUT2D eigenvalue weighted by Gasteiger charge is 2.36. The maximum absolute atomic E-state index is 14.7. The van der Waals surface area contributed by atoms with Crippen molar-refractivity contribution in [3.05, 3.63) is 75.1 Å². The smallest absolute Gasteiger partial charge is 0.362 e. The molecule has 0 N–H and O–H groups in total. The van der Waals surface area contributed by atoms with Gasteiger partial charge in [-0.05, 0) is 45.0 Å². The van der Waals surface area contributed by atoms with Crippen molar-refractivity contribution in [3.8, 4) is 0 Å². The van der Waals surface area contributed by atoms with E-state index in [9.17, 15) is 22.4 Å². The molecule has 4 rings (SSSR count). The Morgan fingerprint density at radius 3 is 2.46 bits per heavy atom. The molecule has 0 saturated carbocycles. The number of nitrogens with zero attached hydrogens (tertiary/aromatic N) is 5. The van der Waals surface area contributed by atoms with Crippen LogP contribution in [0.3, 0.4) is 0 Å². The monoisotopic (exact) mass is 487 g/mol. The quantitative estimate of drug-likeness (QED) is 0.372. The highest BCUT2D eigenvalue weighted by atomic mass is 19.4. The third-order valence-electron chi connectivity index (χ3n) is 6.79. The Morgan fingerprint density at radius 1 is 1.11 bits per heavy atom. The van der Waals surface area contributed by atoms with Crippen molar-refractivity contribution < 1.29 is 17.6 Å². The van der Waals surface area contributed by atoms with Crippen LogP contribution in [0, 0.1) is 12.4 Å². The first kappa shape index (κ1) is 24.7. The molecule has 0 amide bonds. The van der Waals surface area contributed by atoms with Gasteiger partial charge in [0.2, 0.25) is 5.52 Å². The summed E-state index contributed by atoms with van der Waals surface area (Å²) >= 11 is 0. The maximum Gasteiger partial charge on any atom is 0.416 e. The molecule has 3 heterocycles. The van der Waals surface area contributed by atoms with Gasteiger partial charge >= 0.3 is 6.18 Å². The van der Waals surface area contributed by atoms with E-state index in [0.29, 0.717) is 35.9 Å². The Kier molecular flexibility index (Phi) is 6.32. The molecular formula is C25H25F4N5O. The average molecular weight is 488 g/mol. The van der Waals surface area contributed by atoms with E-state index in [4.69, 9.17) is 6.57 Å². The van der Waals surface area contributed by atoms with E-state index >= 15 is 0 Å². The number of aromatic nitrogens is 2. The summed E-state index contributed by atoms with van der Waals surface area (Å²) in [5.74, 6) is -0.661. The minimum atomic E-state index is -4.60. The molecule has 0 aliphatic carbocycles. The topological polar surface area (TPSA) is 45.7 Å². The zero-order chi connectivity index (χ0) is 25.7. The van der Waals surface area contributed by atoms with Gasteiger partial charge in [-0.25, -0.2) is 4.39 Å². The summed E-state index contributed by atoms with van der Waals surface area (Å²) in [6, 6.07) is 6.78. The molecular weight excluding hydrogens is 462 g/mol. The lowest BCUT2D eigenvalue weighted by Crippen LogP contribution is -2.57. The number of rotatable bonds is 3. The second-order valence-corrected chi connectivity index (χ2v) is 9.03. The normalized spacial score (nSPS) is 20.1. The van der Waals surface area contributed by atoms with Gasteiger partial charge in [0.1, 0.15) is 5.82 Å². The fraction of sp³-hybridized carbons (Fsp3) is 0.400. The number of alkyl halides is 3. The number of benzene rings is 1. The Bertz CT molecular complexity index is 1380. The molecule has 3 atom stereocenters. The molecule has 0 bridgehead atoms. The highest BCUT2D eigenvalue weighted by molar-refractivity contribution is 5.89. The average Bonchev–Trinajstić information content (AvgIpc) is 2.81. The van der Waals surface area contributed by atoms with Crippen molar-refractivity contribution in [2.45, 2.75) is 45.1 Å². The summed E-state index contributed by atoms with van der Waals surface area (Å²) in [7, 11) is 1.65. The fourth-order valence-corrected chi connectivity index (χ4v) is 4.83. The second-order valence-electron chi connectivity index (χ2n) is 9.03. The molecule has 0 radical (unpaired) electrons. The number of halogens is 4. The predicted molar refractivity (Wildman–Crippen MR) is 126 cm³/mol. The van der Waals surface area contributed by atoms with Crippen LogP contribution in [-0.4, -0.2) is 39.6 Å². The van der Waals surface area contributed by atoms with Crippen molar-refractivity contribution in [2.24, 2.45) is 7.05 Å². The molecule has 1 saturated heterocycles. The first-order valence-electron chi connectivity index (χ1n) is 11.2. The molecule has 1 aliphatic heterocycles. The fourth-order valence-electron chi connectivity index (χ4n) is 4.83. The van der Waals surface area contributed by atoms with Crippen LogP contribution in [0.4, 0.5) is 29.1 Å². The number of piperazine rings is 1. The van der Waals surface area contributed by atoms with E-state index < -0.39 is 23.6 Å². The lowest BCUT2D eigenvalue weighted by atomic mass is 9.98. The molecule has 2 aromatic heterocycles. The standard InChI is InChI=1S/C25H25F4N5O/c1-14-13-34(21-11-23(35)32(5)20-8-9-22(30-4)31-24(20)21)15(2)12-33(14)16(3)18-7-6-17(10-19(18)26)25(27,28)29/h6-11,14-16H,12-13H2,1-3,5H3/t14-,15+,16?/m1/s1. The van der Waals surface area contributed by atoms with Crippen molar-refractivity contribution in [1.82, 2.24) is 14.5 Å². The van der Waals surface area contributed by atoms with Crippen molar-refractivity contribution in [3.63, 3.8) is 0 Å². The first-order chi connectivity index (χ1) is 16.4. The van der Waals surface area contributed by atoms with Crippen LogP contribution in [0.15, 0.2) is 41.2 Å². The first-order valence-corrected chi connectivity index (χ1v) is 11.2. The molecule has 1 aliphatic rings. The minimum Gasteiger partial charge on any atom is -0.362 e. The Hall–Kier alpha value is -3.45. The number of aryl methyl sites for hydroxylation is 1. The predicted octanol–water partition coefficient (Wildman–Crippen LogP) is 5.30. The van der Waals surface area contributed by atoms with E-state index in [-0.39, 0.29) is 29.0 Å². The van der Waals surface area contributed by atoms with Gasteiger partial charge in [0, 0.05) is 49.9 Å². The van der Waals surface area contributed by atoms with E-state index in [2.05, 4.69) is 14.7 Å². The van der Waals surface area contributed by atoms with Gasteiger partial charge in [-0.2, -0.15) is 13.2 Å². The third-order valence-corrected chi connectivity index (χ3v) is 6.79. The molecule has 3 aromatic rings. The Labute approximate surface area is 200 Å². The molecule has 1 aromatic carbocycles. The van der Waals surface area contributed by atoms with E-state index in [1.54, 1.807) is 26.1 Å². The largest absolute Gasteiger partial charge is 0.416 e. The van der Waals surface area contributed by atoms with E-state index in [0.717, 1.165) is 6.07 Å². The van der Waals surface area contributed by atoms with Gasteiger partial charge in [0.05, 0.1) is 16.8 Å². The molecule has 35 heavy (non-hydrogen) atoms. The van der Waals surface area contributed by atoms with Crippen molar-refractivity contribution >= 4 is 22.5 Å². The van der Waals surface area contributed by atoms with Gasteiger partial charge in [-0.1, -0.05) is 12.6 Å². The van der Waals surface area contributed by atoms with Crippen LogP contribution in [0.5, 0.6) is 0 Å². The number of anilines is 1. The van der Waals surface area contributed by atoms with E-state index in [1.807, 2.05) is 18.7 Å². The van der Waals surface area contributed by atoms with Crippen LogP contribution < -0.4 is 10.5 Å². The van der Waals surface area contributed by atoms with Crippen LogP contribution in [-0.2, 0) is 13.2 Å². The Balaban J connectivity index is 1.66. The van der Waals surface area contributed by atoms with Crippen LogP contribution in [0.1, 0.15) is 37.9 Å². The third kappa shape index (κ3) is 4.48. The number of pyridine rings is 2. The Morgan fingerprint density at radius 2 is 1.83 bits per heavy atom. The SMILES string of the molecule is [C-]#[N+]c1ccc2c(n1)c(N1C[C@@H](C)N(C(C)c3ccc(C(F)(F)F)cc3F)C[C@@H]1C)cc(=O)n2C. The van der Waals surface area contributed by atoms with Crippen LogP contribution >= 0.6 is 0 Å². The zero-order valence-corrected chi connectivity index (χ0v) is 19.8. The molecule has 0 spiro atoms. The summed E-state index contributed by atoms with van der Waals surface area (Å²) in [6.07, 6.45) is -4.60. The van der Waals surface area contributed by atoms with Crippen LogP contribution in [0.2, 0.25) is 0 Å². The summed E-state index contributed by atoms with van der Waals surface area (Å²) < 4.78 is 55.0. The zero-order valence-electron chi connectivity index (χ0n) is 19.8. The second kappa shape index (κ2) is 8.96. The summed E-state index contributed by atoms with van der Waals surface area (Å²) in [4.78, 5) is 24.6. The number of hydrogen-bond donors (Lipinski definition) is 0. The number of hydrogen-bond acceptors (Lipinski definition) is 4. The van der Waals surface area contributed by atoms with E-state index in [1.165, 1.54) is 16.7 Å². The molecule has 1 unspecified atom stereocenters. The number of fused-ring (bicyclic) bond motifs is 1. The summed E-state index contributed by atoms with van der Waals surface area (Å²) in [5, 5.41) is 0. The van der Waals surface area contributed by atoms with Crippen LogP contribution in [0.25, 0.3) is 15.9 Å². The van der Waals surface area contributed by atoms with Crippen molar-refractivity contribution in [2.75, 3.05) is 18.0 Å². The maximum atomic E-state index is 14.7. The molecule has 10 heteroatoms. The molecule has 184 valence electrons. The van der Waals surface area contributed by atoms with Gasteiger partial charge in [-0.3, -0.25) is 9.69 Å². The molecule has 1 fully saturated rings. The van der Waals surface area contributed by atoms with Gasteiger partial charge in [-0.15, -0.1) is 4.98 Å². The van der Waals surface area contributed by atoms with Gasteiger partial charge in [0.15, 0.2) is 0 Å². The van der Waals surface area contributed by atoms with Crippen molar-refractivity contribution in [1.29, 1.82) is 0 Å². The van der Waals surface area contributed by atoms with Gasteiger partial charge < -0.3 is 14.3 Å². The minimum absolute atomic E-state index is 0.106. The summed E-state index contributed by atoms with van der Waals surface area (Å²) in [5.41, 5.74) is 0.777. The molecule has 6 nitrogen and oxygen atoms in total. The summed E-state index contributed by atoms with van der Waals surface area (Å²) in [6.45, 7) is 14.0.